The first kappa shape index (κ1) is 45.5. The predicted molar refractivity (Wildman–Crippen MR) is 197 cm³/mol. The number of phosphoric acid groups is 1. The highest BCUT2D eigenvalue weighted by Gasteiger charge is 2.22. The molecule has 2 N–H and O–H groups in total. The molecule has 0 fully saturated rings. The molecule has 0 aromatic heterocycles. The Kier molecular flexibility index (Phi) is 32.6. The van der Waals surface area contributed by atoms with Gasteiger partial charge in [-0.25, -0.2) is 4.57 Å². The molecule has 1 atom stereocenters. The number of hydrogen-bond donors (Lipinski definition) is 2. The summed E-state index contributed by atoms with van der Waals surface area (Å²) in [7, 11) is -4.77. The fraction of sp³-hybridized carbons (Fsp3) is 0.641. The number of unbranched alkanes of at least 4 members (excludes halogenated alkanes) is 10. The molecular formula is C39H65O8P. The minimum absolute atomic E-state index is 0.183. The Bertz CT molecular complexity index is 1010. The Hall–Kier alpha value is -2.51. The minimum Gasteiger partial charge on any atom is -0.462 e. The van der Waals surface area contributed by atoms with Crippen molar-refractivity contribution in [2.75, 3.05) is 13.2 Å². The molecule has 274 valence electrons. The van der Waals surface area contributed by atoms with Crippen LogP contribution in [0.2, 0.25) is 0 Å². The third-order valence-electron chi connectivity index (χ3n) is 7.21. The van der Waals surface area contributed by atoms with E-state index in [4.69, 9.17) is 19.3 Å². The maximum atomic E-state index is 12.3. The highest BCUT2D eigenvalue weighted by atomic mass is 31.2. The molecule has 8 nitrogen and oxygen atoms in total. The lowest BCUT2D eigenvalue weighted by Gasteiger charge is -2.18. The minimum atomic E-state index is -4.77. The van der Waals surface area contributed by atoms with E-state index in [1.165, 1.54) is 25.7 Å². The smallest absolute Gasteiger partial charge is 0.462 e. The van der Waals surface area contributed by atoms with E-state index >= 15 is 0 Å². The van der Waals surface area contributed by atoms with Gasteiger partial charge in [-0.1, -0.05) is 119 Å². The average Bonchev–Trinajstić information content (AvgIpc) is 3.05. The molecule has 0 unspecified atom stereocenters. The molecule has 0 rings (SSSR count). The molecule has 0 aliphatic heterocycles. The van der Waals surface area contributed by atoms with E-state index in [0.717, 1.165) is 77.0 Å². The number of hydrogen-bond acceptors (Lipinski definition) is 6. The molecule has 48 heavy (non-hydrogen) atoms. The molecule has 0 bridgehead atoms. The SMILES string of the molecule is CC/C=C/C/C=C/C/C=C/C/C=C/CCCCC(=O)OC[C@H](COP(=O)(O)O)OC(=O)CCCCCCC/C=C/C/C=C/CCCCC. The van der Waals surface area contributed by atoms with Crippen molar-refractivity contribution in [2.24, 2.45) is 0 Å². The van der Waals surface area contributed by atoms with Crippen molar-refractivity contribution < 1.29 is 37.9 Å². The Labute approximate surface area is 291 Å². The summed E-state index contributed by atoms with van der Waals surface area (Å²) in [6.07, 6.45) is 43.4. The van der Waals surface area contributed by atoms with Crippen LogP contribution in [0, 0.1) is 0 Å². The maximum Gasteiger partial charge on any atom is 0.469 e. The largest absolute Gasteiger partial charge is 0.469 e. The highest BCUT2D eigenvalue weighted by molar-refractivity contribution is 7.46. The number of carbonyl (C=O) groups excluding carboxylic acids is 2. The van der Waals surface area contributed by atoms with Gasteiger partial charge in [-0.2, -0.15) is 0 Å². The molecule has 0 aliphatic carbocycles. The third kappa shape index (κ3) is 36.3. The lowest BCUT2D eigenvalue weighted by molar-refractivity contribution is -0.161. The predicted octanol–water partition coefficient (Wildman–Crippen LogP) is 10.7. The normalized spacial score (nSPS) is 13.3. The van der Waals surface area contributed by atoms with Gasteiger partial charge in [0.05, 0.1) is 6.61 Å². The second-order valence-corrected chi connectivity index (χ2v) is 13.0. The summed E-state index contributed by atoms with van der Waals surface area (Å²) < 4.78 is 26.2. The van der Waals surface area contributed by atoms with Gasteiger partial charge >= 0.3 is 19.8 Å². The first-order valence-corrected chi connectivity index (χ1v) is 19.8. The van der Waals surface area contributed by atoms with Crippen molar-refractivity contribution in [1.29, 1.82) is 0 Å². The molecule has 0 heterocycles. The first-order valence-electron chi connectivity index (χ1n) is 18.2. The Morgan fingerprint density at radius 3 is 1.54 bits per heavy atom. The molecular weight excluding hydrogens is 627 g/mol. The van der Waals surface area contributed by atoms with Crippen LogP contribution in [-0.4, -0.2) is 41.0 Å². The lowest BCUT2D eigenvalue weighted by Crippen LogP contribution is -2.29. The summed E-state index contributed by atoms with van der Waals surface area (Å²) in [6, 6.07) is 0. The Morgan fingerprint density at radius 2 is 1.00 bits per heavy atom. The van der Waals surface area contributed by atoms with E-state index in [-0.39, 0.29) is 19.4 Å². The monoisotopic (exact) mass is 692 g/mol. The Balaban J connectivity index is 4.10. The molecule has 0 amide bonds. The summed E-state index contributed by atoms with van der Waals surface area (Å²) in [5.41, 5.74) is 0. The fourth-order valence-corrected chi connectivity index (χ4v) is 4.87. The quantitative estimate of drug-likeness (QED) is 0.0309. The topological polar surface area (TPSA) is 119 Å². The van der Waals surface area contributed by atoms with Crippen LogP contribution in [0.5, 0.6) is 0 Å². The van der Waals surface area contributed by atoms with Gasteiger partial charge in [-0.15, -0.1) is 0 Å². The van der Waals surface area contributed by atoms with Gasteiger partial charge in [-0.05, 0) is 83.5 Å². The van der Waals surface area contributed by atoms with Crippen molar-refractivity contribution in [3.8, 4) is 0 Å². The van der Waals surface area contributed by atoms with Gasteiger partial charge in [0.2, 0.25) is 0 Å². The van der Waals surface area contributed by atoms with E-state index in [1.54, 1.807) is 0 Å². The number of ether oxygens (including phenoxy) is 2. The molecule has 0 aromatic rings. The van der Waals surface area contributed by atoms with Crippen LogP contribution in [0.25, 0.3) is 0 Å². The fourth-order valence-electron chi connectivity index (χ4n) is 4.51. The standard InChI is InChI=1S/C39H65O8P/c1-3-5-7-9-11-13-15-17-19-21-23-25-27-29-31-33-38(40)45-35-37(36-46-48(42,43)44)47-39(41)34-32-30-28-26-24-22-20-18-16-14-12-10-8-6-4-2/h5,7,11-14,17-20,23,25,37H,3-4,6,8-10,15-16,21-22,24,26-36H2,1-2H3,(H2,42,43,44)/b7-5+,13-11+,14-12+,19-17+,20-18+,25-23+/t37-/m1/s1. The highest BCUT2D eigenvalue weighted by Crippen LogP contribution is 2.35. The molecule has 9 heteroatoms. The number of rotatable bonds is 32. The Morgan fingerprint density at radius 1 is 0.562 bits per heavy atom. The van der Waals surface area contributed by atoms with Gasteiger partial charge in [0, 0.05) is 12.8 Å². The zero-order valence-electron chi connectivity index (χ0n) is 29.9. The van der Waals surface area contributed by atoms with Gasteiger partial charge in [-0.3, -0.25) is 14.1 Å². The van der Waals surface area contributed by atoms with Gasteiger partial charge in [0.1, 0.15) is 6.61 Å². The van der Waals surface area contributed by atoms with Crippen molar-refractivity contribution in [3.63, 3.8) is 0 Å². The third-order valence-corrected chi connectivity index (χ3v) is 7.69. The summed E-state index contributed by atoms with van der Waals surface area (Å²) >= 11 is 0. The summed E-state index contributed by atoms with van der Waals surface area (Å²) in [4.78, 5) is 42.6. The van der Waals surface area contributed by atoms with E-state index in [0.29, 0.717) is 12.8 Å². The maximum absolute atomic E-state index is 12.3. The van der Waals surface area contributed by atoms with Crippen molar-refractivity contribution in [1.82, 2.24) is 0 Å². The van der Waals surface area contributed by atoms with Crippen LogP contribution in [0.4, 0.5) is 0 Å². The number of carbonyl (C=O) groups is 2. The van der Waals surface area contributed by atoms with Crippen LogP contribution in [0.1, 0.15) is 142 Å². The number of allylic oxidation sites excluding steroid dienone is 12. The van der Waals surface area contributed by atoms with Gasteiger partial charge in [0.15, 0.2) is 6.10 Å². The molecule has 0 saturated heterocycles. The lowest BCUT2D eigenvalue weighted by atomic mass is 10.1. The first-order chi connectivity index (χ1) is 23.3. The van der Waals surface area contributed by atoms with Crippen molar-refractivity contribution in [2.45, 2.75) is 148 Å². The average molecular weight is 693 g/mol. The van der Waals surface area contributed by atoms with E-state index in [1.807, 2.05) is 0 Å². The van der Waals surface area contributed by atoms with Crippen LogP contribution in [-0.2, 0) is 28.2 Å². The molecule has 0 aromatic carbocycles. The van der Waals surface area contributed by atoms with Crippen LogP contribution in [0.3, 0.4) is 0 Å². The van der Waals surface area contributed by atoms with Gasteiger partial charge in [0.25, 0.3) is 0 Å². The van der Waals surface area contributed by atoms with Gasteiger partial charge < -0.3 is 19.3 Å². The van der Waals surface area contributed by atoms with Crippen molar-refractivity contribution in [3.05, 3.63) is 72.9 Å². The molecule has 0 aliphatic rings. The summed E-state index contributed by atoms with van der Waals surface area (Å²) in [5, 5.41) is 0. The van der Waals surface area contributed by atoms with Crippen molar-refractivity contribution >= 4 is 19.8 Å². The molecule has 0 saturated carbocycles. The summed E-state index contributed by atoms with van der Waals surface area (Å²) in [6.45, 7) is 3.47. The van der Waals surface area contributed by atoms with Crippen LogP contribution in [0.15, 0.2) is 72.9 Å². The zero-order valence-corrected chi connectivity index (χ0v) is 30.7. The van der Waals surface area contributed by atoms with E-state index in [9.17, 15) is 14.2 Å². The zero-order chi connectivity index (χ0) is 35.4. The number of phosphoric ester groups is 1. The van der Waals surface area contributed by atoms with Crippen LogP contribution < -0.4 is 0 Å². The second kappa shape index (κ2) is 34.4. The molecule has 0 radical (unpaired) electrons. The second-order valence-electron chi connectivity index (χ2n) is 11.8. The molecule has 0 spiro atoms. The number of esters is 2. The van der Waals surface area contributed by atoms with E-state index < -0.39 is 32.5 Å². The van der Waals surface area contributed by atoms with E-state index in [2.05, 4.69) is 91.3 Å². The summed E-state index contributed by atoms with van der Waals surface area (Å²) in [5.74, 6) is -0.958. The van der Waals surface area contributed by atoms with Crippen LogP contribution >= 0.6 is 7.82 Å².